The first-order valence-corrected chi connectivity index (χ1v) is 7.00. The molecule has 0 unspecified atom stereocenters. The number of para-hydroxylation sites is 1. The summed E-state index contributed by atoms with van der Waals surface area (Å²) in [5.41, 5.74) is 2.21. The molecular weight excluding hydrogens is 234 g/mol. The van der Waals surface area contributed by atoms with Crippen LogP contribution in [0.25, 0.3) is 21.8 Å². The number of fused-ring (bicyclic) bond motifs is 3. The van der Waals surface area contributed by atoms with Crippen LogP contribution in [-0.4, -0.2) is 16.5 Å². The van der Waals surface area contributed by atoms with Gasteiger partial charge in [-0.3, -0.25) is 0 Å². The highest BCUT2D eigenvalue weighted by molar-refractivity contribution is 6.08. The van der Waals surface area contributed by atoms with E-state index < -0.39 is 0 Å². The predicted molar refractivity (Wildman–Crippen MR) is 81.6 cm³/mol. The third kappa shape index (κ3) is 2.28. The molecule has 0 aliphatic rings. The predicted octanol–water partition coefficient (Wildman–Crippen LogP) is 4.32. The lowest BCUT2D eigenvalue weighted by atomic mass is 10.1. The number of nitrogens with one attached hydrogen (secondary N) is 2. The molecule has 0 amide bonds. The van der Waals surface area contributed by atoms with Gasteiger partial charge in [-0.15, -0.1) is 0 Å². The summed E-state index contributed by atoms with van der Waals surface area (Å²) >= 11 is 0. The van der Waals surface area contributed by atoms with Gasteiger partial charge in [-0.1, -0.05) is 38.0 Å². The fourth-order valence-corrected chi connectivity index (χ4v) is 2.47. The molecule has 2 heterocycles. The van der Waals surface area contributed by atoms with Crippen molar-refractivity contribution < 1.29 is 0 Å². The van der Waals surface area contributed by atoms with E-state index in [9.17, 15) is 0 Å². The van der Waals surface area contributed by atoms with Gasteiger partial charge in [0, 0.05) is 23.5 Å². The number of nitrogens with zero attached hydrogens (tertiary/aromatic N) is 1. The van der Waals surface area contributed by atoms with Crippen molar-refractivity contribution in [1.82, 2.24) is 9.97 Å². The molecule has 3 aromatic rings. The van der Waals surface area contributed by atoms with E-state index in [0.29, 0.717) is 0 Å². The molecular formula is C16H19N3. The second-order valence-corrected chi connectivity index (χ2v) is 4.88. The Kier molecular flexibility index (Phi) is 3.36. The normalized spacial score (nSPS) is 11.2. The van der Waals surface area contributed by atoms with Gasteiger partial charge in [-0.25, -0.2) is 4.98 Å². The average Bonchev–Trinajstić information content (AvgIpc) is 2.93. The molecule has 2 N–H and O–H groups in total. The summed E-state index contributed by atoms with van der Waals surface area (Å²) < 4.78 is 0. The minimum atomic E-state index is 0.986. The molecule has 3 rings (SSSR count). The molecule has 3 nitrogen and oxygen atoms in total. The molecule has 19 heavy (non-hydrogen) atoms. The van der Waals surface area contributed by atoms with Gasteiger partial charge in [0.25, 0.3) is 0 Å². The zero-order valence-corrected chi connectivity index (χ0v) is 11.2. The number of anilines is 1. The molecule has 98 valence electrons. The molecule has 0 fully saturated rings. The Hall–Kier alpha value is -2.03. The lowest BCUT2D eigenvalue weighted by Crippen LogP contribution is -2.03. The van der Waals surface area contributed by atoms with E-state index in [4.69, 9.17) is 4.98 Å². The third-order valence-electron chi connectivity index (χ3n) is 3.48. The summed E-state index contributed by atoms with van der Waals surface area (Å²) in [6, 6.07) is 10.4. The van der Waals surface area contributed by atoms with Crippen molar-refractivity contribution in [2.45, 2.75) is 26.2 Å². The summed E-state index contributed by atoms with van der Waals surface area (Å²) in [5.74, 6) is 0.992. The second kappa shape index (κ2) is 5.31. The van der Waals surface area contributed by atoms with Crippen LogP contribution in [-0.2, 0) is 0 Å². The monoisotopic (exact) mass is 253 g/mol. The van der Waals surface area contributed by atoms with E-state index in [0.717, 1.165) is 17.9 Å². The van der Waals surface area contributed by atoms with E-state index in [2.05, 4.69) is 41.5 Å². The summed E-state index contributed by atoms with van der Waals surface area (Å²) in [5, 5.41) is 5.83. The van der Waals surface area contributed by atoms with E-state index in [1.54, 1.807) is 0 Å². The molecule has 0 aliphatic heterocycles. The van der Waals surface area contributed by atoms with Crippen LogP contribution in [0.1, 0.15) is 26.2 Å². The van der Waals surface area contributed by atoms with Gasteiger partial charge in [0.15, 0.2) is 0 Å². The molecule has 1 aromatic carbocycles. The van der Waals surface area contributed by atoms with E-state index >= 15 is 0 Å². The van der Waals surface area contributed by atoms with E-state index in [1.165, 1.54) is 35.6 Å². The molecule has 0 bridgehead atoms. The first-order chi connectivity index (χ1) is 9.40. The SMILES string of the molecule is CCCCCNc1nc2ccccc2c2[nH]ccc12. The van der Waals surface area contributed by atoms with Crippen molar-refractivity contribution in [3.63, 3.8) is 0 Å². The molecule has 0 saturated carbocycles. The first kappa shape index (κ1) is 12.0. The standard InChI is InChI=1S/C16H19N3/c1-2-3-6-10-18-16-13-9-11-17-15(13)12-7-4-5-8-14(12)19-16/h4-5,7-9,11,17H,2-3,6,10H2,1H3,(H,18,19). The maximum absolute atomic E-state index is 4.74. The summed E-state index contributed by atoms with van der Waals surface area (Å²) in [6.45, 7) is 3.21. The molecule has 3 heteroatoms. The quantitative estimate of drug-likeness (QED) is 0.665. The topological polar surface area (TPSA) is 40.7 Å². The van der Waals surface area contributed by atoms with Gasteiger partial charge in [0.05, 0.1) is 11.0 Å². The van der Waals surface area contributed by atoms with Gasteiger partial charge in [-0.05, 0) is 18.6 Å². The number of rotatable bonds is 5. The van der Waals surface area contributed by atoms with Gasteiger partial charge < -0.3 is 10.3 Å². The van der Waals surface area contributed by atoms with Crippen LogP contribution in [0.4, 0.5) is 5.82 Å². The minimum Gasteiger partial charge on any atom is -0.369 e. The molecule has 0 atom stereocenters. The fourth-order valence-electron chi connectivity index (χ4n) is 2.47. The van der Waals surface area contributed by atoms with Crippen LogP contribution in [0.2, 0.25) is 0 Å². The minimum absolute atomic E-state index is 0.986. The maximum atomic E-state index is 4.74. The fraction of sp³-hybridized carbons (Fsp3) is 0.312. The number of pyridine rings is 1. The zero-order chi connectivity index (χ0) is 13.1. The van der Waals surface area contributed by atoms with Gasteiger partial charge in [-0.2, -0.15) is 0 Å². The van der Waals surface area contributed by atoms with Crippen LogP contribution < -0.4 is 5.32 Å². The van der Waals surface area contributed by atoms with Crippen LogP contribution in [0.3, 0.4) is 0 Å². The van der Waals surface area contributed by atoms with E-state index in [-0.39, 0.29) is 0 Å². The van der Waals surface area contributed by atoms with E-state index in [1.807, 2.05) is 12.3 Å². The first-order valence-electron chi connectivity index (χ1n) is 7.00. The number of H-pyrrole nitrogens is 1. The Morgan fingerprint density at radius 2 is 2.00 bits per heavy atom. The number of benzene rings is 1. The zero-order valence-electron chi connectivity index (χ0n) is 11.2. The summed E-state index contributed by atoms with van der Waals surface area (Å²) in [4.78, 5) is 8.07. The number of unbranched alkanes of at least 4 members (excludes halogenated alkanes) is 2. The number of aromatic amines is 1. The molecule has 0 saturated heterocycles. The molecule has 0 spiro atoms. The Bertz CT molecular complexity index is 685. The average molecular weight is 253 g/mol. The molecule has 0 aliphatic carbocycles. The summed E-state index contributed by atoms with van der Waals surface area (Å²) in [6.07, 6.45) is 5.68. The molecule has 0 radical (unpaired) electrons. The number of hydrogen-bond donors (Lipinski definition) is 2. The van der Waals surface area contributed by atoms with Gasteiger partial charge >= 0.3 is 0 Å². The molecule has 2 aromatic heterocycles. The highest BCUT2D eigenvalue weighted by Crippen LogP contribution is 2.28. The highest BCUT2D eigenvalue weighted by Gasteiger charge is 2.08. The number of hydrogen-bond acceptors (Lipinski definition) is 2. The largest absolute Gasteiger partial charge is 0.369 e. The third-order valence-corrected chi connectivity index (χ3v) is 3.48. The van der Waals surface area contributed by atoms with Crippen molar-refractivity contribution in [2.75, 3.05) is 11.9 Å². The van der Waals surface area contributed by atoms with Crippen LogP contribution >= 0.6 is 0 Å². The van der Waals surface area contributed by atoms with Crippen molar-refractivity contribution >= 4 is 27.6 Å². The van der Waals surface area contributed by atoms with Crippen molar-refractivity contribution in [3.05, 3.63) is 36.5 Å². The van der Waals surface area contributed by atoms with Crippen molar-refractivity contribution in [1.29, 1.82) is 0 Å². The Morgan fingerprint density at radius 1 is 1.11 bits per heavy atom. The van der Waals surface area contributed by atoms with Crippen molar-refractivity contribution in [3.8, 4) is 0 Å². The Morgan fingerprint density at radius 3 is 2.89 bits per heavy atom. The second-order valence-electron chi connectivity index (χ2n) is 4.88. The number of aromatic nitrogens is 2. The van der Waals surface area contributed by atoms with Gasteiger partial charge in [0.2, 0.25) is 0 Å². The van der Waals surface area contributed by atoms with Crippen LogP contribution in [0.15, 0.2) is 36.5 Å². The van der Waals surface area contributed by atoms with Crippen LogP contribution in [0, 0.1) is 0 Å². The maximum Gasteiger partial charge on any atom is 0.136 e. The summed E-state index contributed by atoms with van der Waals surface area (Å²) in [7, 11) is 0. The lowest BCUT2D eigenvalue weighted by molar-refractivity contribution is 0.743. The van der Waals surface area contributed by atoms with Gasteiger partial charge in [0.1, 0.15) is 5.82 Å². The highest BCUT2D eigenvalue weighted by atomic mass is 15.0. The van der Waals surface area contributed by atoms with Crippen LogP contribution in [0.5, 0.6) is 0 Å². The van der Waals surface area contributed by atoms with Crippen molar-refractivity contribution in [2.24, 2.45) is 0 Å². The lowest BCUT2D eigenvalue weighted by Gasteiger charge is -2.08. The Labute approximate surface area is 113 Å². The Balaban J connectivity index is 1.99. The smallest absolute Gasteiger partial charge is 0.136 e.